The standard InChI is InChI=1S/C11H15ClN2O/c1-8(2)14-11(15)7-13-10-6-4-3-5-9(10)12/h3-6,8,13H,7H2,1-2H3,(H,14,15). The van der Waals surface area contributed by atoms with Crippen LogP contribution in [0.25, 0.3) is 0 Å². The molecule has 0 aliphatic rings. The van der Waals surface area contributed by atoms with Crippen LogP contribution in [0.4, 0.5) is 5.69 Å². The Labute approximate surface area is 94.8 Å². The first-order valence-corrected chi connectivity index (χ1v) is 5.25. The molecule has 2 N–H and O–H groups in total. The second kappa shape index (κ2) is 5.61. The molecule has 0 saturated carbocycles. The van der Waals surface area contributed by atoms with Crippen LogP contribution < -0.4 is 10.6 Å². The number of nitrogens with one attached hydrogen (secondary N) is 2. The van der Waals surface area contributed by atoms with Crippen LogP contribution in [0.2, 0.25) is 5.02 Å². The lowest BCUT2D eigenvalue weighted by molar-refractivity contribution is -0.119. The van der Waals surface area contributed by atoms with E-state index in [1.165, 1.54) is 0 Å². The third-order valence-electron chi connectivity index (χ3n) is 1.76. The zero-order valence-corrected chi connectivity index (χ0v) is 9.64. The average Bonchev–Trinajstić information content (AvgIpc) is 2.15. The van der Waals surface area contributed by atoms with Gasteiger partial charge in [-0.25, -0.2) is 0 Å². The minimum atomic E-state index is -0.0371. The topological polar surface area (TPSA) is 41.1 Å². The number of anilines is 1. The van der Waals surface area contributed by atoms with Gasteiger partial charge >= 0.3 is 0 Å². The fraction of sp³-hybridized carbons (Fsp3) is 0.364. The second-order valence-electron chi connectivity index (χ2n) is 3.56. The summed E-state index contributed by atoms with van der Waals surface area (Å²) in [7, 11) is 0. The van der Waals surface area contributed by atoms with Crippen molar-refractivity contribution in [3.05, 3.63) is 29.3 Å². The lowest BCUT2D eigenvalue weighted by Gasteiger charge is -2.10. The van der Waals surface area contributed by atoms with E-state index in [0.717, 1.165) is 5.69 Å². The highest BCUT2D eigenvalue weighted by Gasteiger charge is 2.03. The van der Waals surface area contributed by atoms with E-state index in [1.807, 2.05) is 32.0 Å². The Morgan fingerprint density at radius 1 is 1.40 bits per heavy atom. The molecular weight excluding hydrogens is 212 g/mol. The Bertz CT molecular complexity index is 339. The third kappa shape index (κ3) is 4.21. The predicted molar refractivity (Wildman–Crippen MR) is 63.2 cm³/mol. The molecule has 1 amide bonds. The van der Waals surface area contributed by atoms with E-state index in [2.05, 4.69) is 10.6 Å². The number of halogens is 1. The van der Waals surface area contributed by atoms with Gasteiger partial charge in [-0.1, -0.05) is 23.7 Å². The van der Waals surface area contributed by atoms with Crippen molar-refractivity contribution < 1.29 is 4.79 Å². The molecule has 0 heterocycles. The molecule has 0 fully saturated rings. The van der Waals surface area contributed by atoms with Gasteiger partial charge in [0.05, 0.1) is 17.3 Å². The van der Waals surface area contributed by atoms with Crippen molar-refractivity contribution in [3.8, 4) is 0 Å². The van der Waals surface area contributed by atoms with Gasteiger partial charge in [0.1, 0.15) is 0 Å². The second-order valence-corrected chi connectivity index (χ2v) is 3.96. The molecule has 15 heavy (non-hydrogen) atoms. The van der Waals surface area contributed by atoms with Gasteiger partial charge in [0.25, 0.3) is 0 Å². The van der Waals surface area contributed by atoms with E-state index in [-0.39, 0.29) is 18.5 Å². The smallest absolute Gasteiger partial charge is 0.239 e. The largest absolute Gasteiger partial charge is 0.375 e. The Morgan fingerprint density at radius 2 is 2.07 bits per heavy atom. The van der Waals surface area contributed by atoms with Crippen LogP contribution in [0.3, 0.4) is 0 Å². The van der Waals surface area contributed by atoms with Gasteiger partial charge in [-0.2, -0.15) is 0 Å². The molecule has 0 unspecified atom stereocenters. The van der Waals surface area contributed by atoms with Crippen molar-refractivity contribution in [2.24, 2.45) is 0 Å². The molecule has 0 bridgehead atoms. The minimum Gasteiger partial charge on any atom is -0.375 e. The summed E-state index contributed by atoms with van der Waals surface area (Å²) < 4.78 is 0. The summed E-state index contributed by atoms with van der Waals surface area (Å²) in [5.41, 5.74) is 0.776. The Balaban J connectivity index is 2.44. The van der Waals surface area contributed by atoms with Gasteiger partial charge in [0, 0.05) is 6.04 Å². The highest BCUT2D eigenvalue weighted by molar-refractivity contribution is 6.33. The van der Waals surface area contributed by atoms with E-state index in [0.29, 0.717) is 5.02 Å². The molecular formula is C11H15ClN2O. The minimum absolute atomic E-state index is 0.0371. The van der Waals surface area contributed by atoms with Gasteiger partial charge in [0.2, 0.25) is 5.91 Å². The average molecular weight is 227 g/mol. The lowest BCUT2D eigenvalue weighted by atomic mass is 10.3. The molecule has 0 aliphatic heterocycles. The van der Waals surface area contributed by atoms with Crippen molar-refractivity contribution in [1.29, 1.82) is 0 Å². The molecule has 0 aromatic heterocycles. The van der Waals surface area contributed by atoms with Crippen molar-refractivity contribution in [3.63, 3.8) is 0 Å². The van der Waals surface area contributed by atoms with E-state index < -0.39 is 0 Å². The van der Waals surface area contributed by atoms with Crippen LogP contribution in [0.1, 0.15) is 13.8 Å². The normalized spacial score (nSPS) is 10.1. The summed E-state index contributed by atoms with van der Waals surface area (Å²) in [4.78, 5) is 11.3. The molecule has 3 nitrogen and oxygen atoms in total. The van der Waals surface area contributed by atoms with E-state index in [1.54, 1.807) is 6.07 Å². The van der Waals surface area contributed by atoms with Crippen LogP contribution in [-0.4, -0.2) is 18.5 Å². The van der Waals surface area contributed by atoms with Crippen LogP contribution in [-0.2, 0) is 4.79 Å². The quantitative estimate of drug-likeness (QED) is 0.827. The van der Waals surface area contributed by atoms with Crippen molar-refractivity contribution in [1.82, 2.24) is 5.32 Å². The van der Waals surface area contributed by atoms with Crippen LogP contribution in [0.15, 0.2) is 24.3 Å². The molecule has 1 aromatic carbocycles. The number of hydrogen-bond donors (Lipinski definition) is 2. The molecule has 0 aliphatic carbocycles. The molecule has 0 spiro atoms. The summed E-state index contributed by atoms with van der Waals surface area (Å²) >= 11 is 5.92. The molecule has 0 saturated heterocycles. The molecule has 1 rings (SSSR count). The number of carbonyl (C=O) groups excluding carboxylic acids is 1. The number of rotatable bonds is 4. The number of para-hydroxylation sites is 1. The number of hydrogen-bond acceptors (Lipinski definition) is 2. The van der Waals surface area contributed by atoms with Gasteiger partial charge < -0.3 is 10.6 Å². The first-order valence-electron chi connectivity index (χ1n) is 4.87. The highest BCUT2D eigenvalue weighted by Crippen LogP contribution is 2.19. The van der Waals surface area contributed by atoms with E-state index in [4.69, 9.17) is 11.6 Å². The summed E-state index contributed by atoms with van der Waals surface area (Å²) in [5.74, 6) is -0.0371. The Kier molecular flexibility index (Phi) is 4.43. The van der Waals surface area contributed by atoms with Gasteiger partial charge in [0.15, 0.2) is 0 Å². The maximum absolute atomic E-state index is 11.3. The van der Waals surface area contributed by atoms with Crippen LogP contribution in [0.5, 0.6) is 0 Å². The van der Waals surface area contributed by atoms with Gasteiger partial charge in [-0.05, 0) is 26.0 Å². The first-order chi connectivity index (χ1) is 7.09. The maximum Gasteiger partial charge on any atom is 0.239 e. The number of benzene rings is 1. The highest BCUT2D eigenvalue weighted by atomic mass is 35.5. The first kappa shape index (κ1) is 11.9. The maximum atomic E-state index is 11.3. The summed E-state index contributed by atoms with van der Waals surface area (Å²) in [6, 6.07) is 7.50. The van der Waals surface area contributed by atoms with Crippen LogP contribution in [0, 0.1) is 0 Å². The fourth-order valence-corrected chi connectivity index (χ4v) is 1.36. The summed E-state index contributed by atoms with van der Waals surface area (Å²) in [5, 5.41) is 6.38. The van der Waals surface area contributed by atoms with Gasteiger partial charge in [-0.3, -0.25) is 4.79 Å². The zero-order chi connectivity index (χ0) is 11.3. The molecule has 0 radical (unpaired) electrons. The third-order valence-corrected chi connectivity index (χ3v) is 2.09. The van der Waals surface area contributed by atoms with Gasteiger partial charge in [-0.15, -0.1) is 0 Å². The van der Waals surface area contributed by atoms with Crippen LogP contribution >= 0.6 is 11.6 Å². The SMILES string of the molecule is CC(C)NC(=O)CNc1ccccc1Cl. The molecule has 0 atom stereocenters. The van der Waals surface area contributed by atoms with E-state index in [9.17, 15) is 4.79 Å². The number of carbonyl (C=O) groups is 1. The summed E-state index contributed by atoms with van der Waals surface area (Å²) in [6.07, 6.45) is 0. The van der Waals surface area contributed by atoms with Crippen molar-refractivity contribution in [2.75, 3.05) is 11.9 Å². The fourth-order valence-electron chi connectivity index (χ4n) is 1.15. The Hall–Kier alpha value is -1.22. The molecule has 4 heteroatoms. The molecule has 1 aromatic rings. The Morgan fingerprint density at radius 3 is 2.67 bits per heavy atom. The predicted octanol–water partition coefficient (Wildman–Crippen LogP) is 2.28. The monoisotopic (exact) mass is 226 g/mol. The number of amides is 1. The summed E-state index contributed by atoms with van der Waals surface area (Å²) in [6.45, 7) is 4.09. The van der Waals surface area contributed by atoms with Crippen molar-refractivity contribution >= 4 is 23.2 Å². The van der Waals surface area contributed by atoms with E-state index >= 15 is 0 Å². The zero-order valence-electron chi connectivity index (χ0n) is 8.88. The lowest BCUT2D eigenvalue weighted by Crippen LogP contribution is -2.34. The van der Waals surface area contributed by atoms with Crippen molar-refractivity contribution in [2.45, 2.75) is 19.9 Å². The molecule has 82 valence electrons.